The number of alkyl halides is 6. The molecule has 26 heavy (non-hydrogen) atoms. The molecule has 0 fully saturated rings. The summed E-state index contributed by atoms with van der Waals surface area (Å²) in [6.07, 6.45) is 9.99. The van der Waals surface area contributed by atoms with Crippen LogP contribution in [0.3, 0.4) is 0 Å². The van der Waals surface area contributed by atoms with Crippen LogP contribution in [0.25, 0.3) is 0 Å². The van der Waals surface area contributed by atoms with Crippen LogP contribution in [-0.4, -0.2) is 40.0 Å². The molecule has 8 heteroatoms. The van der Waals surface area contributed by atoms with Gasteiger partial charge in [-0.05, 0) is 32.1 Å². The van der Waals surface area contributed by atoms with Crippen molar-refractivity contribution in [2.24, 2.45) is 0 Å². The van der Waals surface area contributed by atoms with Gasteiger partial charge in [0.15, 0.2) is 0 Å². The van der Waals surface area contributed by atoms with Crippen molar-refractivity contribution < 1.29 is 9.90 Å². The first-order valence-corrected chi connectivity index (χ1v) is 14.7. The fourth-order valence-corrected chi connectivity index (χ4v) is 7.04. The molecular weight excluding hydrogens is 728 g/mol. The molecular formula is C18H30Br6O2. The number of hydrogen-bond acceptors (Lipinski definition) is 1. The summed E-state index contributed by atoms with van der Waals surface area (Å²) in [6, 6.07) is 0. The van der Waals surface area contributed by atoms with Crippen LogP contribution < -0.4 is 0 Å². The summed E-state index contributed by atoms with van der Waals surface area (Å²) >= 11 is 22.9. The summed E-state index contributed by atoms with van der Waals surface area (Å²) in [7, 11) is 0. The second-order valence-electron chi connectivity index (χ2n) is 6.68. The molecule has 0 rings (SSSR count). The third-order valence-corrected chi connectivity index (χ3v) is 12.9. The molecule has 0 saturated heterocycles. The highest BCUT2D eigenvalue weighted by Gasteiger charge is 2.26. The average molecular weight is 758 g/mol. The Balaban J connectivity index is 3.94. The van der Waals surface area contributed by atoms with Crippen molar-refractivity contribution in [2.75, 3.05) is 0 Å². The second kappa shape index (κ2) is 17.1. The maximum absolute atomic E-state index is 10.5. The van der Waals surface area contributed by atoms with Crippen molar-refractivity contribution >= 4 is 102 Å². The summed E-state index contributed by atoms with van der Waals surface area (Å²) in [5, 5.41) is 8.63. The fourth-order valence-electron chi connectivity index (χ4n) is 2.60. The van der Waals surface area contributed by atoms with Gasteiger partial charge in [0.2, 0.25) is 0 Å². The van der Waals surface area contributed by atoms with Crippen LogP contribution in [0.1, 0.15) is 71.1 Å². The molecule has 2 nitrogen and oxygen atoms in total. The number of halogens is 6. The van der Waals surface area contributed by atoms with E-state index in [1.54, 1.807) is 0 Å². The minimum Gasteiger partial charge on any atom is -0.481 e. The van der Waals surface area contributed by atoms with Crippen LogP contribution in [0.5, 0.6) is 0 Å². The minimum atomic E-state index is -0.686. The van der Waals surface area contributed by atoms with Crippen molar-refractivity contribution in [2.45, 2.75) is 100 Å². The summed E-state index contributed by atoms with van der Waals surface area (Å²) in [6.45, 7) is 2.19. The van der Waals surface area contributed by atoms with E-state index in [1.807, 2.05) is 0 Å². The number of unbranched alkanes of at least 4 members (excludes halogenated alkanes) is 4. The molecule has 0 aromatic carbocycles. The minimum absolute atomic E-state index is 0.300. The third kappa shape index (κ3) is 14.4. The number of aliphatic carboxylic acids is 1. The van der Waals surface area contributed by atoms with Crippen molar-refractivity contribution in [3.8, 4) is 0 Å². The standard InChI is InChI=1S/C18H30Br6O2/c1-2-12(19)14(21)10-16(23)17(24)11-15(22)13(20)8-6-4-3-5-7-9-18(25)26/h12-17H,2-11H2,1H3,(H,25,26)/t12-,13-,14+,15+,16-,17+/m0/s1. The van der Waals surface area contributed by atoms with E-state index < -0.39 is 5.97 Å². The molecule has 0 aliphatic heterocycles. The Hall–Kier alpha value is 2.35. The van der Waals surface area contributed by atoms with Gasteiger partial charge in [-0.15, -0.1) is 0 Å². The number of carboxylic acids is 1. The molecule has 0 bridgehead atoms. The summed E-state index contributed by atoms with van der Waals surface area (Å²) < 4.78 is 0. The molecule has 0 unspecified atom stereocenters. The van der Waals surface area contributed by atoms with Crippen LogP contribution in [-0.2, 0) is 4.79 Å². The first kappa shape index (κ1) is 28.4. The topological polar surface area (TPSA) is 37.3 Å². The lowest BCUT2D eigenvalue weighted by Crippen LogP contribution is -2.27. The van der Waals surface area contributed by atoms with E-state index in [0.29, 0.717) is 35.4 Å². The lowest BCUT2D eigenvalue weighted by atomic mass is 10.0. The van der Waals surface area contributed by atoms with Crippen molar-refractivity contribution in [3.63, 3.8) is 0 Å². The maximum atomic E-state index is 10.5. The molecule has 0 heterocycles. The summed E-state index contributed by atoms with van der Waals surface area (Å²) in [4.78, 5) is 13.2. The van der Waals surface area contributed by atoms with Crippen LogP contribution in [0.15, 0.2) is 0 Å². The Morgan fingerprint density at radius 1 is 0.692 bits per heavy atom. The highest BCUT2D eigenvalue weighted by atomic mass is 79.9. The molecule has 156 valence electrons. The highest BCUT2D eigenvalue weighted by molar-refractivity contribution is 9.13. The number of carboxylic acid groups (broad SMARTS) is 1. The zero-order chi connectivity index (χ0) is 20.1. The van der Waals surface area contributed by atoms with Gasteiger partial charge in [0, 0.05) is 35.4 Å². The maximum Gasteiger partial charge on any atom is 0.303 e. The van der Waals surface area contributed by atoms with E-state index >= 15 is 0 Å². The Kier molecular flexibility index (Phi) is 18.6. The molecule has 0 amide bonds. The first-order valence-electron chi connectivity index (χ1n) is 9.25. The molecule has 0 radical (unpaired) electrons. The average Bonchev–Trinajstić information content (AvgIpc) is 2.59. The van der Waals surface area contributed by atoms with Gasteiger partial charge in [-0.3, -0.25) is 4.79 Å². The van der Waals surface area contributed by atoms with Gasteiger partial charge >= 0.3 is 5.97 Å². The van der Waals surface area contributed by atoms with Crippen LogP contribution in [0.2, 0.25) is 0 Å². The molecule has 1 N–H and O–H groups in total. The van der Waals surface area contributed by atoms with Crippen molar-refractivity contribution in [3.05, 3.63) is 0 Å². The lowest BCUT2D eigenvalue weighted by molar-refractivity contribution is -0.137. The third-order valence-electron chi connectivity index (χ3n) is 4.34. The van der Waals surface area contributed by atoms with E-state index in [4.69, 9.17) is 5.11 Å². The normalized spacial score (nSPS) is 18.7. The Morgan fingerprint density at radius 2 is 1.12 bits per heavy atom. The molecule has 0 saturated carbocycles. The van der Waals surface area contributed by atoms with Gasteiger partial charge < -0.3 is 5.11 Å². The SMILES string of the molecule is CC[C@H](Br)[C@H](Br)C[C@H](Br)[C@H](Br)C[C@@H](Br)[C@@H](Br)CCCCCCCC(=O)O. The van der Waals surface area contributed by atoms with Crippen molar-refractivity contribution in [1.29, 1.82) is 0 Å². The molecule has 0 aromatic rings. The van der Waals surface area contributed by atoms with Gasteiger partial charge in [0.25, 0.3) is 0 Å². The van der Waals surface area contributed by atoms with E-state index in [0.717, 1.165) is 44.9 Å². The predicted octanol–water partition coefficient (Wildman–Crippen LogP) is 8.57. The smallest absolute Gasteiger partial charge is 0.303 e. The van der Waals surface area contributed by atoms with Gasteiger partial charge in [-0.25, -0.2) is 0 Å². The Morgan fingerprint density at radius 3 is 1.62 bits per heavy atom. The van der Waals surface area contributed by atoms with Gasteiger partial charge in [0.1, 0.15) is 0 Å². The van der Waals surface area contributed by atoms with Crippen LogP contribution in [0, 0.1) is 0 Å². The zero-order valence-electron chi connectivity index (χ0n) is 15.2. The fraction of sp³-hybridized carbons (Fsp3) is 0.944. The van der Waals surface area contributed by atoms with E-state index in [2.05, 4.69) is 103 Å². The largest absolute Gasteiger partial charge is 0.481 e. The van der Waals surface area contributed by atoms with Gasteiger partial charge in [-0.2, -0.15) is 0 Å². The number of hydrogen-bond donors (Lipinski definition) is 1. The molecule has 0 aliphatic rings. The summed E-state index contributed by atoms with van der Waals surface area (Å²) in [5.74, 6) is -0.686. The Bertz CT molecular complexity index is 372. The molecule has 0 aliphatic carbocycles. The number of carbonyl (C=O) groups is 1. The highest BCUT2D eigenvalue weighted by Crippen LogP contribution is 2.33. The quantitative estimate of drug-likeness (QED) is 0.127. The number of rotatable bonds is 16. The zero-order valence-corrected chi connectivity index (χ0v) is 24.7. The van der Waals surface area contributed by atoms with Crippen LogP contribution in [0.4, 0.5) is 0 Å². The monoisotopic (exact) mass is 752 g/mol. The van der Waals surface area contributed by atoms with Crippen molar-refractivity contribution in [1.82, 2.24) is 0 Å². The second-order valence-corrected chi connectivity index (χ2v) is 13.7. The van der Waals surface area contributed by atoms with Gasteiger partial charge in [-0.1, -0.05) is 128 Å². The lowest BCUT2D eigenvalue weighted by Gasteiger charge is -2.25. The van der Waals surface area contributed by atoms with E-state index in [9.17, 15) is 4.79 Å². The summed E-state index contributed by atoms with van der Waals surface area (Å²) in [5.41, 5.74) is 0. The molecule has 0 aromatic heterocycles. The van der Waals surface area contributed by atoms with E-state index in [1.165, 1.54) is 12.8 Å². The molecule has 6 atom stereocenters. The first-order chi connectivity index (χ1) is 12.2. The van der Waals surface area contributed by atoms with Crippen LogP contribution >= 0.6 is 95.6 Å². The predicted molar refractivity (Wildman–Crippen MR) is 136 cm³/mol. The Labute approximate surface area is 209 Å². The van der Waals surface area contributed by atoms with E-state index in [-0.39, 0.29) is 0 Å². The molecule has 0 spiro atoms. The van der Waals surface area contributed by atoms with Gasteiger partial charge in [0.05, 0.1) is 0 Å².